The van der Waals surface area contributed by atoms with E-state index in [1.807, 2.05) is 18.5 Å². The molecule has 3 rings (SSSR count). The number of hydrogen-bond acceptors (Lipinski definition) is 2. The number of pyridine rings is 1. The Labute approximate surface area is 120 Å². The van der Waals surface area contributed by atoms with Crippen molar-refractivity contribution in [3.63, 3.8) is 0 Å². The van der Waals surface area contributed by atoms with Gasteiger partial charge in [-0.3, -0.25) is 4.98 Å². The predicted octanol–water partition coefficient (Wildman–Crippen LogP) is 3.62. The van der Waals surface area contributed by atoms with E-state index in [1.54, 1.807) is 0 Å². The van der Waals surface area contributed by atoms with Gasteiger partial charge in [0.1, 0.15) is 0 Å². The SMILES string of the molecule is Cc1cncc(CC2CCCc3ccccc3C2O)c1. The van der Waals surface area contributed by atoms with Crippen molar-refractivity contribution in [3.8, 4) is 0 Å². The first-order chi connectivity index (χ1) is 9.74. The summed E-state index contributed by atoms with van der Waals surface area (Å²) in [5.74, 6) is 0.294. The lowest BCUT2D eigenvalue weighted by molar-refractivity contribution is 0.105. The molecule has 20 heavy (non-hydrogen) atoms. The summed E-state index contributed by atoms with van der Waals surface area (Å²) in [6.07, 6.45) is 7.66. The van der Waals surface area contributed by atoms with E-state index in [0.29, 0.717) is 5.92 Å². The molecule has 2 aromatic rings. The number of benzene rings is 1. The number of fused-ring (bicyclic) bond motifs is 1. The van der Waals surface area contributed by atoms with Crippen LogP contribution in [-0.2, 0) is 12.8 Å². The molecule has 2 heteroatoms. The summed E-state index contributed by atoms with van der Waals surface area (Å²) in [5.41, 5.74) is 4.85. The first-order valence-corrected chi connectivity index (χ1v) is 7.40. The van der Waals surface area contributed by atoms with Gasteiger partial charge in [0.05, 0.1) is 6.10 Å². The lowest BCUT2D eigenvalue weighted by Crippen LogP contribution is -2.15. The standard InChI is InChI=1S/C18H21NO/c1-13-9-14(12-19-11-13)10-16-7-4-6-15-5-2-3-8-17(15)18(16)20/h2-3,5,8-9,11-12,16,18,20H,4,6-7,10H2,1H3. The van der Waals surface area contributed by atoms with Crippen LogP contribution in [0.5, 0.6) is 0 Å². The van der Waals surface area contributed by atoms with E-state index in [4.69, 9.17) is 0 Å². The van der Waals surface area contributed by atoms with E-state index in [9.17, 15) is 5.11 Å². The fourth-order valence-electron chi connectivity index (χ4n) is 3.26. The van der Waals surface area contributed by atoms with Gasteiger partial charge < -0.3 is 5.11 Å². The molecule has 0 radical (unpaired) electrons. The van der Waals surface area contributed by atoms with Gasteiger partial charge in [0.15, 0.2) is 0 Å². The van der Waals surface area contributed by atoms with Crippen molar-refractivity contribution in [3.05, 3.63) is 65.0 Å². The van der Waals surface area contributed by atoms with E-state index < -0.39 is 0 Å². The van der Waals surface area contributed by atoms with Crippen molar-refractivity contribution in [2.75, 3.05) is 0 Å². The maximum absolute atomic E-state index is 10.7. The molecule has 0 saturated carbocycles. The lowest BCUT2D eigenvalue weighted by Gasteiger charge is -2.22. The van der Waals surface area contributed by atoms with E-state index >= 15 is 0 Å². The van der Waals surface area contributed by atoms with E-state index in [-0.39, 0.29) is 6.10 Å². The molecule has 0 aliphatic heterocycles. The number of hydrogen-bond donors (Lipinski definition) is 1. The topological polar surface area (TPSA) is 33.1 Å². The average Bonchev–Trinajstić information content (AvgIpc) is 2.60. The number of aromatic nitrogens is 1. The second kappa shape index (κ2) is 5.76. The van der Waals surface area contributed by atoms with Gasteiger partial charge in [-0.1, -0.05) is 30.3 Å². The third-order valence-corrected chi connectivity index (χ3v) is 4.27. The van der Waals surface area contributed by atoms with Gasteiger partial charge in [0.25, 0.3) is 0 Å². The highest BCUT2D eigenvalue weighted by Crippen LogP contribution is 2.35. The van der Waals surface area contributed by atoms with Gasteiger partial charge in [-0.15, -0.1) is 0 Å². The van der Waals surface area contributed by atoms with E-state index in [2.05, 4.69) is 36.2 Å². The third-order valence-electron chi connectivity index (χ3n) is 4.27. The van der Waals surface area contributed by atoms with Gasteiger partial charge in [-0.2, -0.15) is 0 Å². The smallest absolute Gasteiger partial charge is 0.0824 e. The Balaban J connectivity index is 1.84. The highest BCUT2D eigenvalue weighted by molar-refractivity contribution is 5.31. The van der Waals surface area contributed by atoms with Crippen molar-refractivity contribution >= 4 is 0 Å². The van der Waals surface area contributed by atoms with Crippen molar-refractivity contribution in [2.24, 2.45) is 5.92 Å². The average molecular weight is 267 g/mol. The highest BCUT2D eigenvalue weighted by Gasteiger charge is 2.25. The normalized spacial score (nSPS) is 22.1. The Morgan fingerprint density at radius 2 is 2.10 bits per heavy atom. The van der Waals surface area contributed by atoms with Gasteiger partial charge in [0.2, 0.25) is 0 Å². The van der Waals surface area contributed by atoms with Crippen LogP contribution in [0.3, 0.4) is 0 Å². The zero-order valence-corrected chi connectivity index (χ0v) is 11.9. The molecule has 2 unspecified atom stereocenters. The predicted molar refractivity (Wildman–Crippen MR) is 80.5 cm³/mol. The fourth-order valence-corrected chi connectivity index (χ4v) is 3.26. The van der Waals surface area contributed by atoms with E-state index in [0.717, 1.165) is 31.2 Å². The summed E-state index contributed by atoms with van der Waals surface area (Å²) in [5, 5.41) is 10.7. The van der Waals surface area contributed by atoms with Crippen LogP contribution >= 0.6 is 0 Å². The molecule has 2 atom stereocenters. The molecule has 1 aliphatic rings. The minimum absolute atomic E-state index is 0.294. The van der Waals surface area contributed by atoms with Crippen molar-refractivity contribution in [1.82, 2.24) is 4.98 Å². The summed E-state index contributed by atoms with van der Waals surface area (Å²) in [7, 11) is 0. The van der Waals surface area contributed by atoms with Crippen LogP contribution in [0.15, 0.2) is 42.7 Å². The quantitative estimate of drug-likeness (QED) is 0.843. The van der Waals surface area contributed by atoms with Gasteiger partial charge in [-0.05, 0) is 60.8 Å². The molecule has 0 spiro atoms. The first kappa shape index (κ1) is 13.3. The molecular weight excluding hydrogens is 246 g/mol. The van der Waals surface area contributed by atoms with Crippen molar-refractivity contribution in [2.45, 2.75) is 38.7 Å². The van der Waals surface area contributed by atoms with E-state index in [1.165, 1.54) is 16.7 Å². The monoisotopic (exact) mass is 267 g/mol. The maximum Gasteiger partial charge on any atom is 0.0824 e. The van der Waals surface area contributed by atoms with Gasteiger partial charge >= 0.3 is 0 Å². The van der Waals surface area contributed by atoms with Crippen LogP contribution in [0.4, 0.5) is 0 Å². The second-order valence-electron chi connectivity index (χ2n) is 5.87. The highest BCUT2D eigenvalue weighted by atomic mass is 16.3. The summed E-state index contributed by atoms with van der Waals surface area (Å²) in [6.45, 7) is 2.06. The summed E-state index contributed by atoms with van der Waals surface area (Å²) >= 11 is 0. The molecule has 1 N–H and O–H groups in total. The minimum Gasteiger partial charge on any atom is -0.388 e. The Morgan fingerprint density at radius 3 is 2.95 bits per heavy atom. The zero-order valence-electron chi connectivity index (χ0n) is 11.9. The van der Waals surface area contributed by atoms with Gasteiger partial charge in [-0.25, -0.2) is 0 Å². The van der Waals surface area contributed by atoms with Gasteiger partial charge in [0, 0.05) is 12.4 Å². The van der Waals surface area contributed by atoms with Crippen molar-refractivity contribution in [1.29, 1.82) is 0 Å². The largest absolute Gasteiger partial charge is 0.388 e. The van der Waals surface area contributed by atoms with Crippen LogP contribution in [0.2, 0.25) is 0 Å². The molecule has 1 heterocycles. The molecule has 0 bridgehead atoms. The minimum atomic E-state index is -0.353. The van der Waals surface area contributed by atoms with Crippen molar-refractivity contribution < 1.29 is 5.11 Å². The Bertz CT molecular complexity index is 593. The first-order valence-electron chi connectivity index (χ1n) is 7.40. The number of aliphatic hydroxyl groups excluding tert-OH is 1. The maximum atomic E-state index is 10.7. The Morgan fingerprint density at radius 1 is 1.25 bits per heavy atom. The Hall–Kier alpha value is -1.67. The number of nitrogens with zero attached hydrogens (tertiary/aromatic N) is 1. The van der Waals surface area contributed by atoms with Crippen LogP contribution in [0.25, 0.3) is 0 Å². The molecule has 2 nitrogen and oxygen atoms in total. The summed E-state index contributed by atoms with van der Waals surface area (Å²) < 4.78 is 0. The molecule has 1 aromatic carbocycles. The number of rotatable bonds is 2. The van der Waals surface area contributed by atoms with Crippen LogP contribution < -0.4 is 0 Å². The number of aliphatic hydroxyl groups is 1. The Kier molecular flexibility index (Phi) is 3.83. The fraction of sp³-hybridized carbons (Fsp3) is 0.389. The van der Waals surface area contributed by atoms with Crippen LogP contribution in [0, 0.1) is 12.8 Å². The lowest BCUT2D eigenvalue weighted by atomic mass is 9.88. The molecule has 1 aliphatic carbocycles. The third kappa shape index (κ3) is 2.75. The molecule has 0 amide bonds. The number of aryl methyl sites for hydroxylation is 2. The molecular formula is C18H21NO. The molecule has 0 fully saturated rings. The second-order valence-corrected chi connectivity index (χ2v) is 5.87. The molecule has 1 aromatic heterocycles. The van der Waals surface area contributed by atoms with Crippen LogP contribution in [0.1, 0.15) is 41.2 Å². The molecule has 0 saturated heterocycles. The van der Waals surface area contributed by atoms with Crippen LogP contribution in [-0.4, -0.2) is 10.1 Å². The molecule has 104 valence electrons. The summed E-state index contributed by atoms with van der Waals surface area (Å²) in [6, 6.07) is 10.5. The zero-order chi connectivity index (χ0) is 13.9. The summed E-state index contributed by atoms with van der Waals surface area (Å²) in [4.78, 5) is 4.26.